The number of aromatic carboxylic acids is 1. The minimum Gasteiger partial charge on any atom is -0.508 e. The number of aromatic hydroxyl groups is 1. The van der Waals surface area contributed by atoms with E-state index in [4.69, 9.17) is 10.8 Å². The average Bonchev–Trinajstić information content (AvgIpc) is 2.16. The van der Waals surface area contributed by atoms with Crippen molar-refractivity contribution in [1.29, 1.82) is 0 Å². The Labute approximate surface area is 84.8 Å². The Kier molecular flexibility index (Phi) is 1.93. The Morgan fingerprint density at radius 1 is 1.40 bits per heavy atom. The first kappa shape index (κ1) is 9.26. The summed E-state index contributed by atoms with van der Waals surface area (Å²) in [6.45, 7) is 0. The third-order valence-electron chi connectivity index (χ3n) is 2.09. The predicted molar refractivity (Wildman–Crippen MR) is 54.8 cm³/mol. The maximum absolute atomic E-state index is 11.0. The number of fused-ring (bicyclic) bond motifs is 1. The average molecular weight is 204 g/mol. The van der Waals surface area contributed by atoms with Crippen LogP contribution < -0.4 is 5.73 Å². The van der Waals surface area contributed by atoms with Gasteiger partial charge >= 0.3 is 5.97 Å². The summed E-state index contributed by atoms with van der Waals surface area (Å²) in [6.07, 6.45) is 1.29. The van der Waals surface area contributed by atoms with Crippen molar-refractivity contribution < 1.29 is 15.0 Å². The van der Waals surface area contributed by atoms with Gasteiger partial charge in [0.1, 0.15) is 5.75 Å². The number of hydrogen-bond acceptors (Lipinski definition) is 4. The molecular formula is C10H8N2O3. The van der Waals surface area contributed by atoms with Gasteiger partial charge in [-0.25, -0.2) is 4.79 Å². The zero-order valence-electron chi connectivity index (χ0n) is 7.64. The van der Waals surface area contributed by atoms with Crippen LogP contribution in [-0.2, 0) is 0 Å². The highest BCUT2D eigenvalue weighted by molar-refractivity contribution is 6.07. The van der Waals surface area contributed by atoms with Crippen molar-refractivity contribution in [3.8, 4) is 5.75 Å². The molecule has 2 aromatic rings. The molecule has 0 bridgehead atoms. The first-order valence-corrected chi connectivity index (χ1v) is 4.20. The van der Waals surface area contributed by atoms with Gasteiger partial charge in [0.05, 0.1) is 23.0 Å². The number of nitrogen functional groups attached to an aromatic ring is 1. The molecule has 0 atom stereocenters. The lowest BCUT2D eigenvalue weighted by Gasteiger charge is -2.05. The van der Waals surface area contributed by atoms with Crippen LogP contribution in [0.4, 0.5) is 5.69 Å². The molecule has 1 heterocycles. The summed E-state index contributed by atoms with van der Waals surface area (Å²) in [7, 11) is 0. The molecule has 4 N–H and O–H groups in total. The van der Waals surface area contributed by atoms with Crippen LogP contribution in [0, 0.1) is 0 Å². The number of benzene rings is 1. The number of carboxylic acids is 1. The van der Waals surface area contributed by atoms with E-state index in [-0.39, 0.29) is 17.0 Å². The van der Waals surface area contributed by atoms with E-state index in [1.54, 1.807) is 0 Å². The largest absolute Gasteiger partial charge is 0.508 e. The zero-order valence-corrected chi connectivity index (χ0v) is 7.64. The SMILES string of the molecule is Nc1cnc2ccc(O)cc2c1C(=O)O. The smallest absolute Gasteiger partial charge is 0.338 e. The maximum Gasteiger partial charge on any atom is 0.338 e. The molecule has 0 aliphatic carbocycles. The molecular weight excluding hydrogens is 196 g/mol. The molecule has 0 spiro atoms. The zero-order chi connectivity index (χ0) is 11.0. The van der Waals surface area contributed by atoms with Gasteiger partial charge < -0.3 is 15.9 Å². The second kappa shape index (κ2) is 3.13. The number of hydrogen-bond donors (Lipinski definition) is 3. The standard InChI is InChI=1S/C10H8N2O3/c11-7-4-12-8-2-1-5(13)3-6(8)9(7)10(14)15/h1-4,13H,11H2,(H,14,15). The fraction of sp³-hybridized carbons (Fsp3) is 0. The second-order valence-electron chi connectivity index (χ2n) is 3.10. The van der Waals surface area contributed by atoms with Crippen molar-refractivity contribution in [2.45, 2.75) is 0 Å². The molecule has 0 amide bonds. The molecule has 0 radical (unpaired) electrons. The van der Waals surface area contributed by atoms with Gasteiger partial charge in [-0.2, -0.15) is 0 Å². The van der Waals surface area contributed by atoms with E-state index < -0.39 is 5.97 Å². The van der Waals surface area contributed by atoms with Crippen molar-refractivity contribution >= 4 is 22.6 Å². The van der Waals surface area contributed by atoms with Crippen LogP contribution in [0.1, 0.15) is 10.4 Å². The third kappa shape index (κ3) is 1.43. The van der Waals surface area contributed by atoms with E-state index in [2.05, 4.69) is 4.98 Å². The number of pyridine rings is 1. The summed E-state index contributed by atoms with van der Waals surface area (Å²) in [5.41, 5.74) is 6.05. The van der Waals surface area contributed by atoms with Crippen molar-refractivity contribution in [3.05, 3.63) is 30.0 Å². The van der Waals surface area contributed by atoms with Gasteiger partial charge in [-0.15, -0.1) is 0 Å². The quantitative estimate of drug-likeness (QED) is 0.649. The third-order valence-corrected chi connectivity index (χ3v) is 2.09. The molecule has 0 saturated carbocycles. The first-order valence-electron chi connectivity index (χ1n) is 4.20. The fourth-order valence-corrected chi connectivity index (χ4v) is 1.43. The van der Waals surface area contributed by atoms with E-state index in [1.165, 1.54) is 24.4 Å². The summed E-state index contributed by atoms with van der Waals surface area (Å²) >= 11 is 0. The van der Waals surface area contributed by atoms with Gasteiger partial charge in [-0.3, -0.25) is 4.98 Å². The molecule has 0 aliphatic rings. The lowest BCUT2D eigenvalue weighted by Crippen LogP contribution is -2.04. The Balaban J connectivity index is 2.90. The second-order valence-corrected chi connectivity index (χ2v) is 3.10. The van der Waals surface area contributed by atoms with Crippen LogP contribution in [0.25, 0.3) is 10.9 Å². The lowest BCUT2D eigenvalue weighted by atomic mass is 10.1. The molecule has 0 unspecified atom stereocenters. The van der Waals surface area contributed by atoms with Crippen LogP contribution >= 0.6 is 0 Å². The van der Waals surface area contributed by atoms with Crippen molar-refractivity contribution in [2.24, 2.45) is 0 Å². The monoisotopic (exact) mass is 204 g/mol. The molecule has 76 valence electrons. The number of aromatic nitrogens is 1. The van der Waals surface area contributed by atoms with Crippen LogP contribution in [0.2, 0.25) is 0 Å². The number of phenols is 1. The Hall–Kier alpha value is -2.30. The normalized spacial score (nSPS) is 10.4. The van der Waals surface area contributed by atoms with Crippen molar-refractivity contribution in [1.82, 2.24) is 4.98 Å². The Bertz CT molecular complexity index is 546. The number of carboxylic acid groups (broad SMARTS) is 1. The van der Waals surface area contributed by atoms with Gasteiger partial charge in [0.25, 0.3) is 0 Å². The first-order chi connectivity index (χ1) is 7.09. The molecule has 2 rings (SSSR count). The van der Waals surface area contributed by atoms with E-state index in [0.29, 0.717) is 10.9 Å². The van der Waals surface area contributed by atoms with Gasteiger partial charge in [-0.1, -0.05) is 0 Å². The Morgan fingerprint density at radius 3 is 2.80 bits per heavy atom. The highest BCUT2D eigenvalue weighted by atomic mass is 16.4. The van der Waals surface area contributed by atoms with Crippen LogP contribution in [0.15, 0.2) is 24.4 Å². The lowest BCUT2D eigenvalue weighted by molar-refractivity contribution is 0.0700. The highest BCUT2D eigenvalue weighted by Gasteiger charge is 2.13. The molecule has 0 fully saturated rings. The Morgan fingerprint density at radius 2 is 2.13 bits per heavy atom. The minimum atomic E-state index is -1.13. The van der Waals surface area contributed by atoms with Gasteiger partial charge in [0, 0.05) is 5.39 Å². The molecule has 1 aromatic heterocycles. The molecule has 15 heavy (non-hydrogen) atoms. The molecule has 1 aromatic carbocycles. The van der Waals surface area contributed by atoms with Crippen molar-refractivity contribution in [3.63, 3.8) is 0 Å². The maximum atomic E-state index is 11.0. The number of nitrogens with zero attached hydrogens (tertiary/aromatic N) is 1. The summed E-state index contributed by atoms with van der Waals surface area (Å²) in [4.78, 5) is 14.9. The molecule has 0 aliphatic heterocycles. The molecule has 5 heteroatoms. The topological polar surface area (TPSA) is 96.4 Å². The number of carbonyl (C=O) groups is 1. The van der Waals surface area contributed by atoms with Crippen LogP contribution in [0.5, 0.6) is 5.75 Å². The summed E-state index contributed by atoms with van der Waals surface area (Å²) in [6, 6.07) is 4.32. The predicted octanol–water partition coefficient (Wildman–Crippen LogP) is 1.22. The summed E-state index contributed by atoms with van der Waals surface area (Å²) in [5, 5.41) is 18.6. The van der Waals surface area contributed by atoms with Crippen molar-refractivity contribution in [2.75, 3.05) is 5.73 Å². The number of phenolic OH excluding ortho intramolecular Hbond substituents is 1. The fourth-order valence-electron chi connectivity index (χ4n) is 1.43. The minimum absolute atomic E-state index is 0.0163. The highest BCUT2D eigenvalue weighted by Crippen LogP contribution is 2.25. The van der Waals surface area contributed by atoms with Crippen LogP contribution in [0.3, 0.4) is 0 Å². The number of rotatable bonds is 1. The number of nitrogens with two attached hydrogens (primary N) is 1. The molecule has 0 saturated heterocycles. The molecule has 5 nitrogen and oxygen atoms in total. The number of anilines is 1. The van der Waals surface area contributed by atoms with Gasteiger partial charge in [0.2, 0.25) is 0 Å². The van der Waals surface area contributed by atoms with E-state index in [0.717, 1.165) is 0 Å². The van der Waals surface area contributed by atoms with Crippen LogP contribution in [-0.4, -0.2) is 21.2 Å². The summed E-state index contributed by atoms with van der Waals surface area (Å²) in [5.74, 6) is -1.15. The van der Waals surface area contributed by atoms with E-state index >= 15 is 0 Å². The van der Waals surface area contributed by atoms with E-state index in [1.807, 2.05) is 0 Å². The van der Waals surface area contributed by atoms with Gasteiger partial charge in [-0.05, 0) is 18.2 Å². The van der Waals surface area contributed by atoms with E-state index in [9.17, 15) is 9.90 Å². The van der Waals surface area contributed by atoms with Gasteiger partial charge in [0.15, 0.2) is 0 Å². The summed E-state index contributed by atoms with van der Waals surface area (Å²) < 4.78 is 0.